The van der Waals surface area contributed by atoms with E-state index in [1.807, 2.05) is 0 Å². The van der Waals surface area contributed by atoms with Crippen molar-refractivity contribution in [2.45, 2.75) is 0 Å². The smallest absolute Gasteiger partial charge is 0.409 e. The van der Waals surface area contributed by atoms with Crippen molar-refractivity contribution >= 4 is 46.5 Å². The number of carbonyl (C=O) groups is 2. The number of halogens is 2. The molecule has 0 atom stereocenters. The minimum atomic E-state index is -0.480. The summed E-state index contributed by atoms with van der Waals surface area (Å²) < 4.78 is 11.6. The number of amides is 2. The van der Waals surface area contributed by atoms with Gasteiger partial charge in [-0.05, 0) is 18.2 Å². The molecule has 24 heavy (non-hydrogen) atoms. The van der Waals surface area contributed by atoms with Crippen LogP contribution < -0.4 is 16.0 Å². The van der Waals surface area contributed by atoms with Gasteiger partial charge in [-0.1, -0.05) is 27.5 Å². The number of rotatable bonds is 5. The molecule has 1 aliphatic rings. The first-order valence-electron chi connectivity index (χ1n) is 7.50. The van der Waals surface area contributed by atoms with Crippen molar-refractivity contribution < 1.29 is 18.9 Å². The van der Waals surface area contributed by atoms with Crippen molar-refractivity contribution in [3.8, 4) is 0 Å². The summed E-state index contributed by atoms with van der Waals surface area (Å²) in [6, 6.07) is 4.94. The summed E-state index contributed by atoms with van der Waals surface area (Å²) in [7, 11) is -0.480. The maximum Gasteiger partial charge on any atom is 0.477 e. The summed E-state index contributed by atoms with van der Waals surface area (Å²) in [5.74, 6) is -0.747. The number of hydrogen-bond donors (Lipinski definition) is 3. The second-order valence-corrected chi connectivity index (χ2v) is 6.35. The molecular weight excluding hydrogens is 400 g/mol. The highest BCUT2D eigenvalue weighted by atomic mass is 79.9. The van der Waals surface area contributed by atoms with E-state index in [1.54, 1.807) is 18.2 Å². The first-order chi connectivity index (χ1) is 11.6. The minimum absolute atomic E-state index is 0.157. The van der Waals surface area contributed by atoms with Gasteiger partial charge >= 0.3 is 7.12 Å². The molecule has 0 aromatic heterocycles. The van der Waals surface area contributed by atoms with Crippen LogP contribution in [0, 0.1) is 0 Å². The Bertz CT molecular complexity index is 585. The Morgan fingerprint density at radius 1 is 1.25 bits per heavy atom. The molecule has 0 saturated carbocycles. The first kappa shape index (κ1) is 19.2. The van der Waals surface area contributed by atoms with Crippen LogP contribution in [-0.2, 0) is 14.1 Å². The molecule has 1 aromatic carbocycles. The predicted octanol–water partition coefficient (Wildman–Crippen LogP) is 0.612. The van der Waals surface area contributed by atoms with Gasteiger partial charge in [0.2, 0.25) is 5.91 Å². The Hall–Kier alpha value is -1.13. The highest BCUT2D eigenvalue weighted by Gasteiger charge is 2.20. The van der Waals surface area contributed by atoms with E-state index < -0.39 is 13.0 Å². The van der Waals surface area contributed by atoms with Crippen molar-refractivity contribution in [2.24, 2.45) is 0 Å². The number of benzene rings is 1. The van der Waals surface area contributed by atoms with Crippen LogP contribution in [0.25, 0.3) is 0 Å². The van der Waals surface area contributed by atoms with E-state index in [4.69, 9.17) is 20.9 Å². The maximum absolute atomic E-state index is 12.1. The van der Waals surface area contributed by atoms with Gasteiger partial charge in [0.1, 0.15) is 0 Å². The van der Waals surface area contributed by atoms with E-state index in [0.717, 1.165) is 17.6 Å². The summed E-state index contributed by atoms with van der Waals surface area (Å²) in [5.41, 5.74) is 0.304. The molecule has 0 radical (unpaired) electrons. The minimum Gasteiger partial charge on any atom is -0.409 e. The summed E-state index contributed by atoms with van der Waals surface area (Å²) in [6.07, 6.45) is 0.229. The molecule has 10 heteroatoms. The first-order valence-corrected chi connectivity index (χ1v) is 8.67. The van der Waals surface area contributed by atoms with Crippen LogP contribution in [-0.4, -0.2) is 58.2 Å². The summed E-state index contributed by atoms with van der Waals surface area (Å²) >= 11 is 9.25. The molecule has 7 nitrogen and oxygen atoms in total. The molecule has 0 unspecified atom stereocenters. The lowest BCUT2D eigenvalue weighted by Gasteiger charge is -2.19. The topological polar surface area (TPSA) is 88.7 Å². The number of nitrogens with one attached hydrogen (secondary N) is 3. The normalized spacial score (nSPS) is 15.3. The Balaban J connectivity index is 1.74. The van der Waals surface area contributed by atoms with Crippen molar-refractivity contribution in [1.82, 2.24) is 16.0 Å². The fourth-order valence-electron chi connectivity index (χ4n) is 2.00. The Kier molecular flexibility index (Phi) is 8.00. The summed E-state index contributed by atoms with van der Waals surface area (Å²) in [5, 5.41) is 8.65. The molecule has 3 N–H and O–H groups in total. The fourth-order valence-corrected chi connectivity index (χ4v) is 2.57. The van der Waals surface area contributed by atoms with E-state index in [-0.39, 0.29) is 18.9 Å². The zero-order valence-electron chi connectivity index (χ0n) is 12.9. The van der Waals surface area contributed by atoms with Crippen LogP contribution in [0.3, 0.4) is 0 Å². The molecular formula is C14H18BBrClN3O4. The summed E-state index contributed by atoms with van der Waals surface area (Å²) in [4.78, 5) is 23.9. The Labute approximate surface area is 154 Å². The van der Waals surface area contributed by atoms with Crippen LogP contribution >= 0.6 is 27.5 Å². The van der Waals surface area contributed by atoms with Gasteiger partial charge in [-0.3, -0.25) is 9.59 Å². The standard InChI is InChI=1S/C14H18BBrClN3O4/c16-10-1-2-12(17)11(7-10)14(22)19-8-13(21)20-9-15-23-5-3-18-4-6-24-15/h1-2,7,18H,3-6,8-9H2,(H,19,22)(H,20,21). The highest BCUT2D eigenvalue weighted by molar-refractivity contribution is 9.10. The van der Waals surface area contributed by atoms with Gasteiger partial charge in [0, 0.05) is 30.8 Å². The van der Waals surface area contributed by atoms with E-state index in [0.29, 0.717) is 23.8 Å². The third kappa shape index (κ3) is 6.41. The third-order valence-corrected chi connectivity index (χ3v) is 4.04. The van der Waals surface area contributed by atoms with E-state index >= 15 is 0 Å². The van der Waals surface area contributed by atoms with Crippen LogP contribution in [0.15, 0.2) is 22.7 Å². The number of hydrogen-bond acceptors (Lipinski definition) is 5. The lowest BCUT2D eigenvalue weighted by Crippen LogP contribution is -2.46. The zero-order valence-corrected chi connectivity index (χ0v) is 15.3. The SMILES string of the molecule is O=C(CNC(=O)c1cc(Br)ccc1Cl)NCB1OCCNCCO1. The molecule has 1 heterocycles. The quantitative estimate of drug-likeness (QED) is 0.610. The van der Waals surface area contributed by atoms with Gasteiger partial charge in [-0.25, -0.2) is 0 Å². The van der Waals surface area contributed by atoms with Crippen molar-refractivity contribution in [3.05, 3.63) is 33.3 Å². The second-order valence-electron chi connectivity index (χ2n) is 5.03. The zero-order chi connectivity index (χ0) is 17.4. The average molecular weight is 418 g/mol. The Morgan fingerprint density at radius 2 is 1.96 bits per heavy atom. The second kappa shape index (κ2) is 10.00. The fraction of sp³-hybridized carbons (Fsp3) is 0.429. The maximum atomic E-state index is 12.1. The van der Waals surface area contributed by atoms with Crippen molar-refractivity contribution in [1.29, 1.82) is 0 Å². The van der Waals surface area contributed by atoms with E-state index in [9.17, 15) is 9.59 Å². The van der Waals surface area contributed by atoms with Gasteiger partial charge in [-0.2, -0.15) is 0 Å². The molecule has 1 aliphatic heterocycles. The molecule has 0 aliphatic carbocycles. The van der Waals surface area contributed by atoms with Crippen LogP contribution in [0.1, 0.15) is 10.4 Å². The largest absolute Gasteiger partial charge is 0.477 e. The monoisotopic (exact) mass is 417 g/mol. The molecule has 2 rings (SSSR count). The molecule has 130 valence electrons. The average Bonchev–Trinajstić information content (AvgIpc) is 2.53. The van der Waals surface area contributed by atoms with Crippen LogP contribution in [0.2, 0.25) is 5.02 Å². The lowest BCUT2D eigenvalue weighted by molar-refractivity contribution is -0.119. The molecule has 0 spiro atoms. The molecule has 2 amide bonds. The van der Waals surface area contributed by atoms with Gasteiger partial charge in [0.15, 0.2) is 0 Å². The van der Waals surface area contributed by atoms with Gasteiger partial charge in [0.25, 0.3) is 5.91 Å². The van der Waals surface area contributed by atoms with Crippen LogP contribution in [0.4, 0.5) is 0 Å². The summed E-state index contributed by atoms with van der Waals surface area (Å²) in [6.45, 7) is 2.36. The van der Waals surface area contributed by atoms with Crippen molar-refractivity contribution in [2.75, 3.05) is 39.3 Å². The number of carbonyl (C=O) groups excluding carboxylic acids is 2. The van der Waals surface area contributed by atoms with Gasteiger partial charge in [-0.15, -0.1) is 0 Å². The van der Waals surface area contributed by atoms with E-state index in [1.165, 1.54) is 0 Å². The van der Waals surface area contributed by atoms with Crippen molar-refractivity contribution in [3.63, 3.8) is 0 Å². The lowest BCUT2D eigenvalue weighted by atomic mass is 9.90. The molecule has 1 aromatic rings. The van der Waals surface area contributed by atoms with Crippen LogP contribution in [0.5, 0.6) is 0 Å². The van der Waals surface area contributed by atoms with E-state index in [2.05, 4.69) is 31.9 Å². The molecule has 1 fully saturated rings. The molecule has 1 saturated heterocycles. The Morgan fingerprint density at radius 3 is 2.67 bits per heavy atom. The van der Waals surface area contributed by atoms with Gasteiger partial charge < -0.3 is 25.3 Å². The van der Waals surface area contributed by atoms with Gasteiger partial charge in [0.05, 0.1) is 23.6 Å². The predicted molar refractivity (Wildman–Crippen MR) is 95.0 cm³/mol. The highest BCUT2D eigenvalue weighted by Crippen LogP contribution is 2.20. The third-order valence-electron chi connectivity index (χ3n) is 3.21. The molecule has 0 bridgehead atoms.